The average molecular weight is 227 g/mol. The van der Waals surface area contributed by atoms with Crippen LogP contribution in [-0.4, -0.2) is 11.0 Å². The molecule has 0 aliphatic rings. The Bertz CT molecular complexity index is 289. The third-order valence-electron chi connectivity index (χ3n) is 2.38. The van der Waals surface area contributed by atoms with Crippen LogP contribution >= 0.6 is 11.6 Å². The van der Waals surface area contributed by atoms with Crippen molar-refractivity contribution < 1.29 is 0 Å². The molecule has 1 aromatic rings. The van der Waals surface area contributed by atoms with Gasteiger partial charge in [-0.15, -0.1) is 0 Å². The first-order chi connectivity index (χ1) is 7.22. The minimum Gasteiger partial charge on any atom is -0.382 e. The van der Waals surface area contributed by atoms with Crippen LogP contribution in [0.1, 0.15) is 39.5 Å². The van der Waals surface area contributed by atoms with Gasteiger partial charge < -0.3 is 5.32 Å². The van der Waals surface area contributed by atoms with Gasteiger partial charge in [-0.25, -0.2) is 4.98 Å². The van der Waals surface area contributed by atoms with Crippen molar-refractivity contribution in [2.45, 2.75) is 45.6 Å². The van der Waals surface area contributed by atoms with Gasteiger partial charge in [-0.3, -0.25) is 0 Å². The van der Waals surface area contributed by atoms with E-state index in [1.54, 1.807) is 6.20 Å². The Balaban J connectivity index is 2.34. The molecule has 0 amide bonds. The first-order valence-electron chi connectivity index (χ1n) is 5.60. The van der Waals surface area contributed by atoms with E-state index in [-0.39, 0.29) is 0 Å². The molecule has 0 spiro atoms. The highest BCUT2D eigenvalue weighted by Gasteiger charge is 2.01. The van der Waals surface area contributed by atoms with Gasteiger partial charge in [0.05, 0.1) is 0 Å². The number of rotatable bonds is 6. The van der Waals surface area contributed by atoms with E-state index in [1.165, 1.54) is 25.7 Å². The molecular weight excluding hydrogens is 208 g/mol. The topological polar surface area (TPSA) is 24.9 Å². The molecule has 0 aliphatic heterocycles. The van der Waals surface area contributed by atoms with Crippen LogP contribution < -0.4 is 5.32 Å². The lowest BCUT2D eigenvalue weighted by Crippen LogP contribution is -2.14. The molecule has 84 valence electrons. The molecule has 1 aromatic heterocycles. The van der Waals surface area contributed by atoms with Crippen LogP contribution in [0.3, 0.4) is 0 Å². The van der Waals surface area contributed by atoms with Crippen molar-refractivity contribution in [1.29, 1.82) is 0 Å². The summed E-state index contributed by atoms with van der Waals surface area (Å²) in [5.74, 6) is 0. The van der Waals surface area contributed by atoms with Crippen molar-refractivity contribution in [3.63, 3.8) is 0 Å². The second-order valence-corrected chi connectivity index (χ2v) is 4.30. The Kier molecular flexibility index (Phi) is 5.48. The minimum atomic E-state index is 0.495. The van der Waals surface area contributed by atoms with Crippen LogP contribution in [-0.2, 0) is 0 Å². The number of nitrogens with one attached hydrogen (secondary N) is 1. The molecule has 15 heavy (non-hydrogen) atoms. The lowest BCUT2D eigenvalue weighted by Gasteiger charge is -2.14. The Morgan fingerprint density at radius 1 is 1.47 bits per heavy atom. The molecule has 1 heterocycles. The summed E-state index contributed by atoms with van der Waals surface area (Å²) < 4.78 is 0. The van der Waals surface area contributed by atoms with E-state index in [0.717, 1.165) is 5.69 Å². The summed E-state index contributed by atoms with van der Waals surface area (Å²) in [5.41, 5.74) is 1.05. The monoisotopic (exact) mass is 226 g/mol. The fourth-order valence-electron chi connectivity index (χ4n) is 1.55. The summed E-state index contributed by atoms with van der Waals surface area (Å²) in [7, 11) is 0. The van der Waals surface area contributed by atoms with Crippen LogP contribution in [0.25, 0.3) is 0 Å². The Morgan fingerprint density at radius 3 is 2.93 bits per heavy atom. The van der Waals surface area contributed by atoms with E-state index in [1.807, 2.05) is 12.1 Å². The predicted octanol–water partition coefficient (Wildman–Crippen LogP) is 4.12. The predicted molar refractivity (Wildman–Crippen MR) is 66.5 cm³/mol. The van der Waals surface area contributed by atoms with E-state index < -0.39 is 0 Å². The molecule has 1 atom stereocenters. The first-order valence-corrected chi connectivity index (χ1v) is 5.98. The number of halogens is 1. The van der Waals surface area contributed by atoms with Gasteiger partial charge in [-0.2, -0.15) is 0 Å². The van der Waals surface area contributed by atoms with Gasteiger partial charge in [0.2, 0.25) is 0 Å². The first kappa shape index (κ1) is 12.3. The van der Waals surface area contributed by atoms with Gasteiger partial charge in [0.1, 0.15) is 5.15 Å². The highest BCUT2D eigenvalue weighted by molar-refractivity contribution is 6.29. The summed E-state index contributed by atoms with van der Waals surface area (Å²) in [5, 5.41) is 3.96. The molecule has 0 saturated carbocycles. The number of hydrogen-bond donors (Lipinski definition) is 1. The maximum atomic E-state index is 5.80. The fraction of sp³-hybridized carbons (Fsp3) is 0.583. The van der Waals surface area contributed by atoms with Crippen molar-refractivity contribution in [3.8, 4) is 0 Å². The Morgan fingerprint density at radius 2 is 2.27 bits per heavy atom. The number of nitrogens with zero attached hydrogens (tertiary/aromatic N) is 1. The van der Waals surface area contributed by atoms with Gasteiger partial charge in [0, 0.05) is 17.9 Å². The SMILES string of the molecule is CCCCCC(C)Nc1ccnc(Cl)c1. The largest absolute Gasteiger partial charge is 0.382 e. The molecule has 2 nitrogen and oxygen atoms in total. The second-order valence-electron chi connectivity index (χ2n) is 3.91. The molecule has 1 unspecified atom stereocenters. The molecule has 0 bridgehead atoms. The quantitative estimate of drug-likeness (QED) is 0.583. The molecular formula is C12H19ClN2. The van der Waals surface area contributed by atoms with Crippen molar-refractivity contribution in [2.75, 3.05) is 5.32 Å². The molecule has 3 heteroatoms. The standard InChI is InChI=1S/C12H19ClN2/c1-3-4-5-6-10(2)15-11-7-8-14-12(13)9-11/h7-10H,3-6H2,1-2H3,(H,14,15). The molecule has 1 rings (SSSR count). The number of anilines is 1. The number of hydrogen-bond acceptors (Lipinski definition) is 2. The lowest BCUT2D eigenvalue weighted by atomic mass is 10.1. The molecule has 1 N–H and O–H groups in total. The van der Waals surface area contributed by atoms with Crippen molar-refractivity contribution >= 4 is 17.3 Å². The van der Waals surface area contributed by atoms with Crippen LogP contribution in [0.4, 0.5) is 5.69 Å². The van der Waals surface area contributed by atoms with E-state index >= 15 is 0 Å². The van der Waals surface area contributed by atoms with Crippen LogP contribution in [0, 0.1) is 0 Å². The van der Waals surface area contributed by atoms with Crippen molar-refractivity contribution in [1.82, 2.24) is 4.98 Å². The van der Waals surface area contributed by atoms with Gasteiger partial charge in [0.15, 0.2) is 0 Å². The maximum Gasteiger partial charge on any atom is 0.131 e. The molecule has 0 aromatic carbocycles. The molecule has 0 fully saturated rings. The zero-order valence-corrected chi connectivity index (χ0v) is 10.2. The number of unbranched alkanes of at least 4 members (excludes halogenated alkanes) is 2. The minimum absolute atomic E-state index is 0.495. The summed E-state index contributed by atoms with van der Waals surface area (Å²) in [6, 6.07) is 4.30. The number of aromatic nitrogens is 1. The number of pyridine rings is 1. The zero-order chi connectivity index (χ0) is 11.1. The van der Waals surface area contributed by atoms with E-state index in [4.69, 9.17) is 11.6 Å². The van der Waals surface area contributed by atoms with E-state index in [0.29, 0.717) is 11.2 Å². The van der Waals surface area contributed by atoms with Crippen LogP contribution in [0.2, 0.25) is 5.15 Å². The van der Waals surface area contributed by atoms with Crippen LogP contribution in [0.15, 0.2) is 18.3 Å². The zero-order valence-electron chi connectivity index (χ0n) is 9.46. The highest BCUT2D eigenvalue weighted by atomic mass is 35.5. The highest BCUT2D eigenvalue weighted by Crippen LogP contribution is 2.14. The fourth-order valence-corrected chi connectivity index (χ4v) is 1.72. The average Bonchev–Trinajstić information content (AvgIpc) is 2.18. The lowest BCUT2D eigenvalue weighted by molar-refractivity contribution is 0.615. The molecule has 0 aliphatic carbocycles. The third-order valence-corrected chi connectivity index (χ3v) is 2.59. The summed E-state index contributed by atoms with van der Waals surface area (Å²) in [6.07, 6.45) is 6.79. The van der Waals surface area contributed by atoms with Gasteiger partial charge in [-0.1, -0.05) is 37.8 Å². The van der Waals surface area contributed by atoms with Gasteiger partial charge in [-0.05, 0) is 25.5 Å². The van der Waals surface area contributed by atoms with Gasteiger partial charge >= 0.3 is 0 Å². The second kappa shape index (κ2) is 6.67. The maximum absolute atomic E-state index is 5.80. The summed E-state index contributed by atoms with van der Waals surface area (Å²) >= 11 is 5.80. The third kappa shape index (κ3) is 5.03. The smallest absolute Gasteiger partial charge is 0.131 e. The van der Waals surface area contributed by atoms with E-state index in [9.17, 15) is 0 Å². The molecule has 0 saturated heterocycles. The van der Waals surface area contributed by atoms with Gasteiger partial charge in [0.25, 0.3) is 0 Å². The summed E-state index contributed by atoms with van der Waals surface area (Å²) in [4.78, 5) is 3.95. The van der Waals surface area contributed by atoms with E-state index in [2.05, 4.69) is 24.1 Å². The normalized spacial score (nSPS) is 12.5. The Labute approximate surface area is 97.1 Å². The molecule has 0 radical (unpaired) electrons. The van der Waals surface area contributed by atoms with Crippen LogP contribution in [0.5, 0.6) is 0 Å². The Hall–Kier alpha value is -0.760. The van der Waals surface area contributed by atoms with Crippen molar-refractivity contribution in [3.05, 3.63) is 23.5 Å². The van der Waals surface area contributed by atoms with Crippen molar-refractivity contribution in [2.24, 2.45) is 0 Å². The summed E-state index contributed by atoms with van der Waals surface area (Å²) in [6.45, 7) is 4.42.